The Kier molecular flexibility index (Phi) is 5.73. The fraction of sp³-hybridized carbons (Fsp3) is 0.278. The number of hydrogen-bond donors (Lipinski definition) is 1. The first-order valence-electron chi connectivity index (χ1n) is 8.26. The maximum atomic E-state index is 13.7. The summed E-state index contributed by atoms with van der Waals surface area (Å²) in [5.74, 6) is -1.31. The van der Waals surface area contributed by atoms with Crippen LogP contribution in [0.4, 0.5) is 8.78 Å². The standard InChI is InChI=1S/C18H18F2N4O2/c19-13-4-1-5-14(20)18(13)15-12-22-17(26-15)7-6-16(25)21-8-2-10-24-11-3-9-23-24/h1,3-5,9,11-12H,2,6-8,10H2,(H,21,25). The third-order valence-electron chi connectivity index (χ3n) is 3.77. The molecule has 1 aromatic carbocycles. The molecule has 3 aromatic rings. The largest absolute Gasteiger partial charge is 0.441 e. The molecule has 0 bridgehead atoms. The van der Waals surface area contributed by atoms with Gasteiger partial charge in [0, 0.05) is 38.3 Å². The van der Waals surface area contributed by atoms with E-state index < -0.39 is 11.6 Å². The molecule has 0 saturated heterocycles. The number of nitrogens with one attached hydrogen (secondary N) is 1. The number of halogens is 2. The summed E-state index contributed by atoms with van der Waals surface area (Å²) in [4.78, 5) is 15.8. The third kappa shape index (κ3) is 4.53. The monoisotopic (exact) mass is 360 g/mol. The molecule has 8 heteroatoms. The lowest BCUT2D eigenvalue weighted by atomic mass is 10.1. The molecule has 0 aliphatic rings. The zero-order valence-corrected chi connectivity index (χ0v) is 14.0. The van der Waals surface area contributed by atoms with Crippen LogP contribution in [-0.2, 0) is 17.8 Å². The van der Waals surface area contributed by atoms with Gasteiger partial charge in [0.25, 0.3) is 0 Å². The predicted molar refractivity (Wildman–Crippen MR) is 90.0 cm³/mol. The van der Waals surface area contributed by atoms with E-state index in [1.54, 1.807) is 10.9 Å². The molecule has 0 saturated carbocycles. The number of carbonyl (C=O) groups is 1. The van der Waals surface area contributed by atoms with Crippen molar-refractivity contribution in [2.75, 3.05) is 6.54 Å². The summed E-state index contributed by atoms with van der Waals surface area (Å²) in [5.41, 5.74) is -0.255. The van der Waals surface area contributed by atoms with E-state index in [0.717, 1.165) is 25.1 Å². The minimum absolute atomic E-state index is 0.00947. The molecule has 26 heavy (non-hydrogen) atoms. The van der Waals surface area contributed by atoms with Gasteiger partial charge in [0.15, 0.2) is 11.7 Å². The molecule has 6 nitrogen and oxygen atoms in total. The lowest BCUT2D eigenvalue weighted by Crippen LogP contribution is -2.25. The van der Waals surface area contributed by atoms with E-state index in [0.29, 0.717) is 6.54 Å². The number of rotatable bonds is 8. The second-order valence-corrected chi connectivity index (χ2v) is 5.69. The maximum Gasteiger partial charge on any atom is 0.220 e. The molecule has 0 fully saturated rings. The van der Waals surface area contributed by atoms with Gasteiger partial charge in [-0.05, 0) is 24.6 Å². The second kappa shape index (κ2) is 8.37. The van der Waals surface area contributed by atoms with Crippen LogP contribution in [0.3, 0.4) is 0 Å². The van der Waals surface area contributed by atoms with Crippen molar-refractivity contribution < 1.29 is 18.0 Å². The van der Waals surface area contributed by atoms with Gasteiger partial charge < -0.3 is 9.73 Å². The molecular formula is C18H18F2N4O2. The van der Waals surface area contributed by atoms with Crippen LogP contribution in [0.15, 0.2) is 47.3 Å². The van der Waals surface area contributed by atoms with Gasteiger partial charge in [-0.15, -0.1) is 0 Å². The predicted octanol–water partition coefficient (Wildman–Crippen LogP) is 2.96. The lowest BCUT2D eigenvalue weighted by Gasteiger charge is -2.04. The first kappa shape index (κ1) is 17.8. The molecule has 0 spiro atoms. The highest BCUT2D eigenvalue weighted by molar-refractivity contribution is 5.76. The summed E-state index contributed by atoms with van der Waals surface area (Å²) in [6.45, 7) is 1.26. The molecule has 0 unspecified atom stereocenters. The normalized spacial score (nSPS) is 10.8. The number of nitrogens with zero attached hydrogens (tertiary/aromatic N) is 3. The Morgan fingerprint density at radius 1 is 1.23 bits per heavy atom. The summed E-state index contributed by atoms with van der Waals surface area (Å²) < 4.78 is 34.6. The fourth-order valence-electron chi connectivity index (χ4n) is 2.49. The van der Waals surface area contributed by atoms with Crippen molar-refractivity contribution in [3.63, 3.8) is 0 Å². The highest BCUT2D eigenvalue weighted by Crippen LogP contribution is 2.26. The van der Waals surface area contributed by atoms with Gasteiger partial charge in [-0.1, -0.05) is 6.07 Å². The molecule has 0 aliphatic heterocycles. The zero-order valence-electron chi connectivity index (χ0n) is 14.0. The van der Waals surface area contributed by atoms with Crippen LogP contribution < -0.4 is 5.32 Å². The molecule has 0 radical (unpaired) electrons. The van der Waals surface area contributed by atoms with E-state index in [-0.39, 0.29) is 36.0 Å². The van der Waals surface area contributed by atoms with E-state index in [4.69, 9.17) is 4.42 Å². The molecule has 2 aromatic heterocycles. The van der Waals surface area contributed by atoms with Crippen molar-refractivity contribution in [3.05, 3.63) is 60.4 Å². The Hall–Kier alpha value is -3.03. The molecule has 136 valence electrons. The third-order valence-corrected chi connectivity index (χ3v) is 3.77. The second-order valence-electron chi connectivity index (χ2n) is 5.69. The van der Waals surface area contributed by atoms with Crippen LogP contribution in [0.2, 0.25) is 0 Å². The van der Waals surface area contributed by atoms with Gasteiger partial charge in [-0.3, -0.25) is 9.48 Å². The van der Waals surface area contributed by atoms with Gasteiger partial charge in [-0.2, -0.15) is 5.10 Å². The quantitative estimate of drug-likeness (QED) is 0.627. The summed E-state index contributed by atoms with van der Waals surface area (Å²) >= 11 is 0. The van der Waals surface area contributed by atoms with E-state index in [2.05, 4.69) is 15.4 Å². The lowest BCUT2D eigenvalue weighted by molar-refractivity contribution is -0.121. The highest BCUT2D eigenvalue weighted by atomic mass is 19.1. The fourth-order valence-corrected chi connectivity index (χ4v) is 2.49. The number of amides is 1. The Balaban J connectivity index is 1.45. The van der Waals surface area contributed by atoms with Crippen LogP contribution in [0.1, 0.15) is 18.7 Å². The molecule has 2 heterocycles. The Morgan fingerprint density at radius 2 is 2.04 bits per heavy atom. The van der Waals surface area contributed by atoms with E-state index >= 15 is 0 Å². The van der Waals surface area contributed by atoms with Crippen molar-refractivity contribution in [1.82, 2.24) is 20.1 Å². The highest BCUT2D eigenvalue weighted by Gasteiger charge is 2.16. The van der Waals surface area contributed by atoms with Gasteiger partial charge in [0.1, 0.15) is 11.6 Å². The molecule has 3 rings (SSSR count). The van der Waals surface area contributed by atoms with Crippen molar-refractivity contribution in [2.24, 2.45) is 0 Å². The van der Waals surface area contributed by atoms with Gasteiger partial charge >= 0.3 is 0 Å². The van der Waals surface area contributed by atoms with E-state index in [1.165, 1.54) is 12.3 Å². The Bertz CT molecular complexity index is 842. The topological polar surface area (TPSA) is 73.0 Å². The summed E-state index contributed by atoms with van der Waals surface area (Å²) in [5, 5.41) is 6.88. The molecule has 1 amide bonds. The number of carbonyl (C=O) groups excluding carboxylic acids is 1. The van der Waals surface area contributed by atoms with Gasteiger partial charge in [0.05, 0.1) is 11.8 Å². The van der Waals surface area contributed by atoms with Crippen LogP contribution in [0, 0.1) is 11.6 Å². The molecule has 1 N–H and O–H groups in total. The minimum Gasteiger partial charge on any atom is -0.441 e. The smallest absolute Gasteiger partial charge is 0.220 e. The zero-order chi connectivity index (χ0) is 18.4. The molecular weight excluding hydrogens is 342 g/mol. The van der Waals surface area contributed by atoms with Crippen molar-refractivity contribution >= 4 is 5.91 Å². The SMILES string of the molecule is O=C(CCc1ncc(-c2c(F)cccc2F)o1)NCCCn1cccn1. The van der Waals surface area contributed by atoms with E-state index in [9.17, 15) is 13.6 Å². The first-order chi connectivity index (χ1) is 12.6. The Morgan fingerprint density at radius 3 is 2.77 bits per heavy atom. The van der Waals surface area contributed by atoms with Crippen LogP contribution >= 0.6 is 0 Å². The molecule has 0 atom stereocenters. The molecule has 0 aliphatic carbocycles. The number of oxazole rings is 1. The van der Waals surface area contributed by atoms with Crippen LogP contribution in [0.25, 0.3) is 11.3 Å². The minimum atomic E-state index is -0.720. The number of aromatic nitrogens is 3. The maximum absolute atomic E-state index is 13.7. The number of aryl methyl sites for hydroxylation is 2. The van der Waals surface area contributed by atoms with Crippen molar-refractivity contribution in [2.45, 2.75) is 25.8 Å². The number of hydrogen-bond acceptors (Lipinski definition) is 4. The average Bonchev–Trinajstić information content (AvgIpc) is 3.29. The van der Waals surface area contributed by atoms with Crippen LogP contribution in [-0.4, -0.2) is 27.2 Å². The van der Waals surface area contributed by atoms with Gasteiger partial charge in [0.2, 0.25) is 5.91 Å². The van der Waals surface area contributed by atoms with Gasteiger partial charge in [-0.25, -0.2) is 13.8 Å². The van der Waals surface area contributed by atoms with Crippen LogP contribution in [0.5, 0.6) is 0 Å². The summed E-state index contributed by atoms with van der Waals surface area (Å²) in [6, 6.07) is 5.42. The van der Waals surface area contributed by atoms with E-state index in [1.807, 2.05) is 12.3 Å². The summed E-state index contributed by atoms with van der Waals surface area (Å²) in [7, 11) is 0. The first-order valence-corrected chi connectivity index (χ1v) is 8.26. The Labute approximate surface area is 148 Å². The number of benzene rings is 1. The summed E-state index contributed by atoms with van der Waals surface area (Å²) in [6.07, 6.45) is 6.03. The average molecular weight is 360 g/mol. The van der Waals surface area contributed by atoms with Crippen molar-refractivity contribution in [1.29, 1.82) is 0 Å². The van der Waals surface area contributed by atoms with Crippen molar-refractivity contribution in [3.8, 4) is 11.3 Å².